The van der Waals surface area contributed by atoms with Crippen LogP contribution in [0.15, 0.2) is 34.6 Å². The van der Waals surface area contributed by atoms with Gasteiger partial charge in [0, 0.05) is 12.8 Å². The van der Waals surface area contributed by atoms with Crippen molar-refractivity contribution in [3.05, 3.63) is 35.4 Å². The first-order valence-corrected chi connectivity index (χ1v) is 12.6. The van der Waals surface area contributed by atoms with E-state index in [4.69, 9.17) is 9.68 Å². The Morgan fingerprint density at radius 2 is 0.882 bits per heavy atom. The summed E-state index contributed by atoms with van der Waals surface area (Å²) in [4.78, 5) is 10.9. The molecule has 0 bridgehead atoms. The van der Waals surface area contributed by atoms with Gasteiger partial charge in [0.2, 0.25) is 0 Å². The number of nitrogens with zero attached hydrogens (tertiary/aromatic N) is 4. The van der Waals surface area contributed by atoms with Gasteiger partial charge in [-0.15, -0.1) is 0 Å². The summed E-state index contributed by atoms with van der Waals surface area (Å²) in [5, 5.41) is 8.23. The summed E-state index contributed by atoms with van der Waals surface area (Å²) in [6.45, 7) is 24.3. The van der Waals surface area contributed by atoms with Gasteiger partial charge in [0.25, 0.3) is 0 Å². The normalized spacial score (nSPS) is 11.9. The molecular weight excluding hydrogens is 654 g/mol. The molecule has 1 aromatic rings. The van der Waals surface area contributed by atoms with Gasteiger partial charge in [-0.25, -0.2) is 0 Å². The first kappa shape index (κ1) is 35.7. The summed E-state index contributed by atoms with van der Waals surface area (Å²) in [6, 6.07) is 8.04. The molecule has 0 saturated carbocycles. The van der Waals surface area contributed by atoms with E-state index in [2.05, 4.69) is 51.9 Å². The standard InChI is InChI=1S/C26H48N4O2.2HI/c1-7-29(8-2,9-3)19-13-21-31-27-23-25-15-17-26(18-16-25)24-28-32-22-14-20-30(10-4,11-5)12-6;;/h15-18,23-24H,7-14,19-22H2,1-6H3;2*1H/q+2;;/p-2/b27-23+,28-24+;;. The third-order valence-electron chi connectivity index (χ3n) is 7.25. The number of oxime groups is 2. The molecule has 6 nitrogen and oxygen atoms in total. The van der Waals surface area contributed by atoms with E-state index in [1.807, 2.05) is 24.3 Å². The van der Waals surface area contributed by atoms with E-state index in [0.29, 0.717) is 13.2 Å². The average molecular weight is 703 g/mol. The van der Waals surface area contributed by atoms with E-state index in [1.165, 1.54) is 39.3 Å². The number of halogens is 2. The predicted molar refractivity (Wildman–Crippen MR) is 136 cm³/mol. The lowest BCUT2D eigenvalue weighted by molar-refractivity contribution is -0.923. The molecule has 0 spiro atoms. The predicted octanol–water partition coefficient (Wildman–Crippen LogP) is -1.07. The SMILES string of the molecule is CC[N+](CC)(CC)CCCO/N=C/c1ccc(/C=N/OCCC[N+](CC)(CC)CC)cc1.[I-].[I-]. The summed E-state index contributed by atoms with van der Waals surface area (Å²) in [6.07, 6.45) is 5.58. The number of hydrogen-bond acceptors (Lipinski definition) is 4. The zero-order chi connectivity index (χ0) is 23.7. The highest BCUT2D eigenvalue weighted by atomic mass is 127. The van der Waals surface area contributed by atoms with Gasteiger partial charge >= 0.3 is 0 Å². The molecule has 0 amide bonds. The lowest BCUT2D eigenvalue weighted by Crippen LogP contribution is -3.00. The van der Waals surface area contributed by atoms with Crippen LogP contribution in [0.25, 0.3) is 0 Å². The Kier molecular flexibility index (Phi) is 21.7. The van der Waals surface area contributed by atoms with Gasteiger partial charge in [-0.2, -0.15) is 0 Å². The van der Waals surface area contributed by atoms with Gasteiger partial charge in [-0.05, 0) is 52.7 Å². The third kappa shape index (κ3) is 13.0. The summed E-state index contributed by atoms with van der Waals surface area (Å²) in [5.41, 5.74) is 2.02. The molecule has 0 saturated heterocycles. The van der Waals surface area contributed by atoms with Gasteiger partial charge < -0.3 is 66.6 Å². The summed E-state index contributed by atoms with van der Waals surface area (Å²) in [7, 11) is 0. The Morgan fingerprint density at radius 1 is 0.588 bits per heavy atom. The van der Waals surface area contributed by atoms with E-state index in [0.717, 1.165) is 46.0 Å². The Hall–Kier alpha value is -0.460. The topological polar surface area (TPSA) is 43.2 Å². The molecule has 0 N–H and O–H groups in total. The highest BCUT2D eigenvalue weighted by Crippen LogP contribution is 2.08. The minimum Gasteiger partial charge on any atom is -1.00 e. The summed E-state index contributed by atoms with van der Waals surface area (Å²) >= 11 is 0. The van der Waals surface area contributed by atoms with Crippen LogP contribution in [0.2, 0.25) is 0 Å². The summed E-state index contributed by atoms with van der Waals surface area (Å²) < 4.78 is 2.30. The smallest absolute Gasteiger partial charge is 0.122 e. The molecule has 1 rings (SSSR count). The van der Waals surface area contributed by atoms with Crippen molar-refractivity contribution < 1.29 is 66.6 Å². The van der Waals surface area contributed by atoms with Crippen molar-refractivity contribution in [3.63, 3.8) is 0 Å². The van der Waals surface area contributed by atoms with Crippen LogP contribution in [0, 0.1) is 0 Å². The maximum atomic E-state index is 5.46. The molecular formula is C26H48I2N4O2. The molecule has 0 aliphatic carbocycles. The van der Waals surface area contributed by atoms with Gasteiger partial charge in [0.15, 0.2) is 0 Å². The van der Waals surface area contributed by atoms with Gasteiger partial charge in [0.05, 0.1) is 64.8 Å². The molecule has 0 aliphatic rings. The van der Waals surface area contributed by atoms with Crippen molar-refractivity contribution >= 4 is 12.4 Å². The zero-order valence-electron chi connectivity index (χ0n) is 22.3. The molecule has 0 atom stereocenters. The maximum absolute atomic E-state index is 5.46. The largest absolute Gasteiger partial charge is 1.00 e. The first-order valence-electron chi connectivity index (χ1n) is 12.6. The van der Waals surface area contributed by atoms with Crippen molar-refractivity contribution in [3.8, 4) is 0 Å². The zero-order valence-corrected chi connectivity index (χ0v) is 26.6. The molecule has 8 heteroatoms. The second kappa shape index (κ2) is 20.7. The van der Waals surface area contributed by atoms with Crippen LogP contribution in [0.4, 0.5) is 0 Å². The van der Waals surface area contributed by atoms with Crippen molar-refractivity contribution in [2.45, 2.75) is 54.4 Å². The van der Waals surface area contributed by atoms with E-state index < -0.39 is 0 Å². The second-order valence-corrected chi connectivity index (χ2v) is 8.54. The Morgan fingerprint density at radius 3 is 1.15 bits per heavy atom. The van der Waals surface area contributed by atoms with Crippen LogP contribution in [0.5, 0.6) is 0 Å². The van der Waals surface area contributed by atoms with Gasteiger partial charge in [0.1, 0.15) is 13.2 Å². The van der Waals surface area contributed by atoms with Crippen molar-refractivity contribution in [2.75, 3.05) is 65.6 Å². The molecule has 0 aliphatic heterocycles. The molecule has 0 radical (unpaired) electrons. The molecule has 0 heterocycles. The van der Waals surface area contributed by atoms with Crippen molar-refractivity contribution in [1.29, 1.82) is 0 Å². The Labute approximate surface area is 243 Å². The molecule has 0 aromatic heterocycles. The van der Waals surface area contributed by atoms with Crippen LogP contribution in [0.3, 0.4) is 0 Å². The number of rotatable bonds is 18. The van der Waals surface area contributed by atoms with E-state index in [1.54, 1.807) is 12.4 Å². The molecule has 1 aromatic carbocycles. The number of quaternary nitrogens is 2. The van der Waals surface area contributed by atoms with E-state index >= 15 is 0 Å². The van der Waals surface area contributed by atoms with E-state index in [-0.39, 0.29) is 48.0 Å². The second-order valence-electron chi connectivity index (χ2n) is 8.54. The van der Waals surface area contributed by atoms with Gasteiger partial charge in [-0.3, -0.25) is 0 Å². The van der Waals surface area contributed by atoms with Crippen LogP contribution in [0.1, 0.15) is 65.5 Å². The van der Waals surface area contributed by atoms with Crippen LogP contribution >= 0.6 is 0 Å². The average Bonchev–Trinajstić information content (AvgIpc) is 2.85. The lowest BCUT2D eigenvalue weighted by atomic mass is 10.2. The van der Waals surface area contributed by atoms with Crippen LogP contribution in [-0.4, -0.2) is 87.0 Å². The minimum absolute atomic E-state index is 0. The fourth-order valence-electron chi connectivity index (χ4n) is 4.19. The van der Waals surface area contributed by atoms with Gasteiger partial charge in [-0.1, -0.05) is 34.6 Å². The first-order chi connectivity index (χ1) is 15.5. The highest BCUT2D eigenvalue weighted by molar-refractivity contribution is 5.83. The van der Waals surface area contributed by atoms with Crippen LogP contribution in [-0.2, 0) is 9.68 Å². The maximum Gasteiger partial charge on any atom is 0.122 e. The Balaban J connectivity index is 0. The quantitative estimate of drug-likeness (QED) is 0.0644. The fraction of sp³-hybridized carbons (Fsp3) is 0.692. The highest BCUT2D eigenvalue weighted by Gasteiger charge is 2.20. The van der Waals surface area contributed by atoms with Crippen LogP contribution < -0.4 is 48.0 Å². The molecule has 0 fully saturated rings. The fourth-order valence-corrected chi connectivity index (χ4v) is 4.19. The van der Waals surface area contributed by atoms with Crippen molar-refractivity contribution in [2.24, 2.45) is 10.3 Å². The minimum atomic E-state index is 0. The molecule has 34 heavy (non-hydrogen) atoms. The Bertz CT molecular complexity index is 588. The molecule has 198 valence electrons. The van der Waals surface area contributed by atoms with Crippen molar-refractivity contribution in [1.82, 2.24) is 0 Å². The number of benzene rings is 1. The summed E-state index contributed by atoms with van der Waals surface area (Å²) in [5.74, 6) is 0. The lowest BCUT2D eigenvalue weighted by Gasteiger charge is -2.35. The third-order valence-corrected chi connectivity index (χ3v) is 7.25. The number of hydrogen-bond donors (Lipinski definition) is 0. The monoisotopic (exact) mass is 702 g/mol. The molecule has 0 unspecified atom stereocenters. The van der Waals surface area contributed by atoms with E-state index in [9.17, 15) is 0 Å².